The molecular formula is C12H19NOS. The Morgan fingerprint density at radius 2 is 2.27 bits per heavy atom. The van der Waals surface area contributed by atoms with Crippen molar-refractivity contribution in [3.05, 3.63) is 29.8 Å². The molecule has 0 bridgehead atoms. The van der Waals surface area contributed by atoms with Crippen LogP contribution in [0.5, 0.6) is 0 Å². The summed E-state index contributed by atoms with van der Waals surface area (Å²) in [7, 11) is 0. The summed E-state index contributed by atoms with van der Waals surface area (Å²) >= 11 is 1.80. The average Bonchev–Trinajstić information content (AvgIpc) is 2.27. The second kappa shape index (κ2) is 7.74. The fraction of sp³-hybridized carbons (Fsp3) is 0.500. The van der Waals surface area contributed by atoms with E-state index in [0.717, 1.165) is 25.3 Å². The number of hydrogen-bond acceptors (Lipinski definition) is 3. The van der Waals surface area contributed by atoms with Crippen molar-refractivity contribution < 1.29 is 5.11 Å². The van der Waals surface area contributed by atoms with Gasteiger partial charge in [-0.05, 0) is 30.7 Å². The van der Waals surface area contributed by atoms with Gasteiger partial charge >= 0.3 is 0 Å². The van der Waals surface area contributed by atoms with Crippen LogP contribution in [0.25, 0.3) is 0 Å². The topological polar surface area (TPSA) is 32.3 Å². The van der Waals surface area contributed by atoms with Crippen molar-refractivity contribution in [2.45, 2.75) is 24.8 Å². The summed E-state index contributed by atoms with van der Waals surface area (Å²) in [5.41, 5.74) is 1.32. The maximum Gasteiger partial charge on any atom is 0.0439 e. The molecule has 84 valence electrons. The summed E-state index contributed by atoms with van der Waals surface area (Å²) in [5.74, 6) is 0.987. The Balaban J connectivity index is 2.42. The Morgan fingerprint density at radius 1 is 1.40 bits per heavy atom. The standard InChI is InChI=1S/C12H19NOS/c1-2-13-10-11-5-3-6-12(9-11)15-8-4-7-14/h3,5-6,9,13-14H,2,4,7-8,10H2,1H3. The number of benzene rings is 1. The Kier molecular flexibility index (Phi) is 6.48. The van der Waals surface area contributed by atoms with Crippen LogP contribution in [0.3, 0.4) is 0 Å². The van der Waals surface area contributed by atoms with Crippen LogP contribution in [-0.4, -0.2) is 24.0 Å². The molecule has 0 saturated heterocycles. The quantitative estimate of drug-likeness (QED) is 0.551. The Bertz CT molecular complexity index is 278. The van der Waals surface area contributed by atoms with Crippen LogP contribution in [0.15, 0.2) is 29.2 Å². The third-order valence-electron chi connectivity index (χ3n) is 2.05. The maximum atomic E-state index is 8.69. The molecule has 0 atom stereocenters. The normalized spacial score (nSPS) is 10.5. The molecule has 0 aliphatic heterocycles. The van der Waals surface area contributed by atoms with Gasteiger partial charge in [0.1, 0.15) is 0 Å². The van der Waals surface area contributed by atoms with Gasteiger partial charge in [-0.15, -0.1) is 11.8 Å². The number of aliphatic hydroxyl groups is 1. The highest BCUT2D eigenvalue weighted by atomic mass is 32.2. The summed E-state index contributed by atoms with van der Waals surface area (Å²) in [5, 5.41) is 12.0. The first-order chi connectivity index (χ1) is 7.36. The van der Waals surface area contributed by atoms with Gasteiger partial charge in [0.25, 0.3) is 0 Å². The molecule has 0 aliphatic rings. The minimum absolute atomic E-state index is 0.282. The molecule has 1 aromatic rings. The molecule has 2 N–H and O–H groups in total. The smallest absolute Gasteiger partial charge is 0.0439 e. The molecule has 3 heteroatoms. The molecule has 0 amide bonds. The average molecular weight is 225 g/mol. The zero-order valence-electron chi connectivity index (χ0n) is 9.20. The monoisotopic (exact) mass is 225 g/mol. The van der Waals surface area contributed by atoms with Gasteiger partial charge < -0.3 is 10.4 Å². The van der Waals surface area contributed by atoms with Crippen molar-refractivity contribution in [3.63, 3.8) is 0 Å². The molecule has 0 aromatic heterocycles. The van der Waals surface area contributed by atoms with Crippen LogP contribution in [0.4, 0.5) is 0 Å². The summed E-state index contributed by atoms with van der Waals surface area (Å²) < 4.78 is 0. The van der Waals surface area contributed by atoms with Gasteiger partial charge in [-0.3, -0.25) is 0 Å². The van der Waals surface area contributed by atoms with Crippen LogP contribution < -0.4 is 5.32 Å². The molecular weight excluding hydrogens is 206 g/mol. The molecule has 0 spiro atoms. The minimum atomic E-state index is 0.282. The number of thioether (sulfide) groups is 1. The van der Waals surface area contributed by atoms with E-state index in [2.05, 4.69) is 36.5 Å². The maximum absolute atomic E-state index is 8.69. The van der Waals surface area contributed by atoms with E-state index in [4.69, 9.17) is 5.11 Å². The van der Waals surface area contributed by atoms with Gasteiger partial charge in [-0.2, -0.15) is 0 Å². The largest absolute Gasteiger partial charge is 0.396 e. The summed E-state index contributed by atoms with van der Waals surface area (Å²) in [4.78, 5) is 1.29. The van der Waals surface area contributed by atoms with Crippen molar-refractivity contribution in [2.24, 2.45) is 0 Å². The molecule has 2 nitrogen and oxygen atoms in total. The summed E-state index contributed by atoms with van der Waals surface area (Å²) in [6.07, 6.45) is 0.863. The Morgan fingerprint density at radius 3 is 3.00 bits per heavy atom. The zero-order valence-corrected chi connectivity index (χ0v) is 10.0. The lowest BCUT2D eigenvalue weighted by molar-refractivity contribution is 0.296. The van der Waals surface area contributed by atoms with E-state index in [1.807, 2.05) is 0 Å². The van der Waals surface area contributed by atoms with Crippen LogP contribution in [-0.2, 0) is 6.54 Å². The van der Waals surface area contributed by atoms with E-state index < -0.39 is 0 Å². The lowest BCUT2D eigenvalue weighted by atomic mass is 10.2. The SMILES string of the molecule is CCNCc1cccc(SCCCO)c1. The molecule has 0 aliphatic carbocycles. The first-order valence-corrected chi connectivity index (χ1v) is 6.38. The molecule has 0 saturated carbocycles. The molecule has 0 heterocycles. The van der Waals surface area contributed by atoms with Gasteiger partial charge in [-0.1, -0.05) is 19.1 Å². The lowest BCUT2D eigenvalue weighted by Crippen LogP contribution is -2.11. The molecule has 1 aromatic carbocycles. The molecule has 0 radical (unpaired) electrons. The fourth-order valence-electron chi connectivity index (χ4n) is 1.27. The van der Waals surface area contributed by atoms with E-state index in [-0.39, 0.29) is 6.61 Å². The highest BCUT2D eigenvalue weighted by Crippen LogP contribution is 2.19. The van der Waals surface area contributed by atoms with Crippen molar-refractivity contribution in [3.8, 4) is 0 Å². The Labute approximate surface area is 96.1 Å². The van der Waals surface area contributed by atoms with Crippen molar-refractivity contribution >= 4 is 11.8 Å². The predicted octanol–water partition coefficient (Wildman–Crippen LogP) is 2.27. The molecule has 0 unspecified atom stereocenters. The second-order valence-corrected chi connectivity index (χ2v) is 4.52. The first-order valence-electron chi connectivity index (χ1n) is 5.40. The third-order valence-corrected chi connectivity index (χ3v) is 3.13. The molecule has 1 rings (SSSR count). The fourth-order valence-corrected chi connectivity index (χ4v) is 2.19. The van der Waals surface area contributed by atoms with Crippen molar-refractivity contribution in [1.29, 1.82) is 0 Å². The van der Waals surface area contributed by atoms with E-state index in [1.165, 1.54) is 10.5 Å². The van der Waals surface area contributed by atoms with Crippen LogP contribution in [0.1, 0.15) is 18.9 Å². The number of hydrogen-bond donors (Lipinski definition) is 2. The van der Waals surface area contributed by atoms with E-state index in [0.29, 0.717) is 0 Å². The lowest BCUT2D eigenvalue weighted by Gasteiger charge is -2.05. The predicted molar refractivity (Wildman–Crippen MR) is 66.2 cm³/mol. The number of nitrogens with one attached hydrogen (secondary N) is 1. The van der Waals surface area contributed by atoms with Gasteiger partial charge in [0.15, 0.2) is 0 Å². The summed E-state index contributed by atoms with van der Waals surface area (Å²) in [6.45, 7) is 4.33. The molecule has 15 heavy (non-hydrogen) atoms. The molecule has 0 fully saturated rings. The van der Waals surface area contributed by atoms with Crippen LogP contribution in [0.2, 0.25) is 0 Å². The van der Waals surface area contributed by atoms with Crippen LogP contribution >= 0.6 is 11.8 Å². The minimum Gasteiger partial charge on any atom is -0.396 e. The van der Waals surface area contributed by atoms with E-state index >= 15 is 0 Å². The van der Waals surface area contributed by atoms with Crippen LogP contribution in [0, 0.1) is 0 Å². The van der Waals surface area contributed by atoms with Crippen molar-refractivity contribution in [2.75, 3.05) is 18.9 Å². The summed E-state index contributed by atoms with van der Waals surface area (Å²) in [6, 6.07) is 8.56. The van der Waals surface area contributed by atoms with Gasteiger partial charge in [0.05, 0.1) is 0 Å². The van der Waals surface area contributed by atoms with Crippen molar-refractivity contribution in [1.82, 2.24) is 5.32 Å². The first kappa shape index (κ1) is 12.6. The highest BCUT2D eigenvalue weighted by molar-refractivity contribution is 7.99. The number of rotatable bonds is 7. The number of aliphatic hydroxyl groups excluding tert-OH is 1. The van der Waals surface area contributed by atoms with Gasteiger partial charge in [0.2, 0.25) is 0 Å². The third kappa shape index (κ3) is 5.21. The Hall–Kier alpha value is -0.510. The zero-order chi connectivity index (χ0) is 10.9. The van der Waals surface area contributed by atoms with Gasteiger partial charge in [-0.25, -0.2) is 0 Å². The van der Waals surface area contributed by atoms with E-state index in [1.54, 1.807) is 11.8 Å². The van der Waals surface area contributed by atoms with Gasteiger partial charge in [0, 0.05) is 23.8 Å². The van der Waals surface area contributed by atoms with E-state index in [9.17, 15) is 0 Å². The second-order valence-electron chi connectivity index (χ2n) is 3.35. The highest BCUT2D eigenvalue weighted by Gasteiger charge is 1.96.